The first kappa shape index (κ1) is 27.9. The Morgan fingerprint density at radius 1 is 0.970 bits per heavy atom. The van der Waals surface area contributed by atoms with Crippen molar-refractivity contribution in [2.45, 2.75) is 50.4 Å². The Labute approximate surface area is 196 Å². The van der Waals surface area contributed by atoms with E-state index in [2.05, 4.69) is 16.0 Å². The van der Waals surface area contributed by atoms with Gasteiger partial charge in [-0.2, -0.15) is 11.8 Å². The van der Waals surface area contributed by atoms with Crippen LogP contribution in [0.5, 0.6) is 0 Å². The van der Waals surface area contributed by atoms with Crippen LogP contribution in [-0.2, 0) is 30.4 Å². The largest absolute Gasteiger partial charge is 0.480 e. The number of carboxylic acids is 1. The van der Waals surface area contributed by atoms with Crippen LogP contribution < -0.4 is 27.4 Å². The van der Waals surface area contributed by atoms with Gasteiger partial charge in [0.2, 0.25) is 23.6 Å². The van der Waals surface area contributed by atoms with E-state index >= 15 is 0 Å². The molecule has 0 aliphatic rings. The average Bonchev–Trinajstić information content (AvgIpc) is 2.76. The third-order valence-corrected chi connectivity index (χ3v) is 5.30. The first-order valence-electron chi connectivity index (χ1n) is 10.3. The van der Waals surface area contributed by atoms with Gasteiger partial charge in [0.15, 0.2) is 0 Å². The number of hydrogen-bond acceptors (Lipinski definition) is 7. The summed E-state index contributed by atoms with van der Waals surface area (Å²) in [5.74, 6) is -3.62. The summed E-state index contributed by atoms with van der Waals surface area (Å²) >= 11 is 1.54. The molecule has 4 unspecified atom stereocenters. The summed E-state index contributed by atoms with van der Waals surface area (Å²) in [6, 6.07) is 4.27. The Kier molecular flexibility index (Phi) is 11.9. The van der Waals surface area contributed by atoms with Crippen molar-refractivity contribution in [1.82, 2.24) is 16.0 Å². The number of amides is 4. The van der Waals surface area contributed by atoms with E-state index in [0.717, 1.165) is 0 Å². The first-order valence-corrected chi connectivity index (χ1v) is 11.6. The molecule has 0 heterocycles. The van der Waals surface area contributed by atoms with Crippen LogP contribution >= 0.6 is 11.8 Å². The van der Waals surface area contributed by atoms with Gasteiger partial charge in [-0.1, -0.05) is 30.3 Å². The highest BCUT2D eigenvalue weighted by Gasteiger charge is 2.29. The molecule has 8 N–H and O–H groups in total. The SMILES string of the molecule is CSCCC(N)C(=O)NC(C)C(=O)NC(Cc1ccccc1)C(=O)NC(CC(N)=O)C(=O)O. The molecule has 0 spiro atoms. The summed E-state index contributed by atoms with van der Waals surface area (Å²) in [7, 11) is 0. The normalized spacial score (nSPS) is 14.3. The average molecular weight is 482 g/mol. The fraction of sp³-hybridized carbons (Fsp3) is 0.476. The van der Waals surface area contributed by atoms with Crippen molar-refractivity contribution in [3.8, 4) is 0 Å². The Morgan fingerprint density at radius 2 is 1.58 bits per heavy atom. The topological polar surface area (TPSA) is 194 Å². The third-order valence-electron chi connectivity index (χ3n) is 4.66. The number of carboxylic acid groups (broad SMARTS) is 1. The van der Waals surface area contributed by atoms with E-state index in [1.54, 1.807) is 42.1 Å². The molecular formula is C21H31N5O6S. The monoisotopic (exact) mass is 481 g/mol. The molecule has 0 aliphatic carbocycles. The second kappa shape index (κ2) is 14.1. The summed E-state index contributed by atoms with van der Waals surface area (Å²) in [4.78, 5) is 60.2. The lowest BCUT2D eigenvalue weighted by atomic mass is 10.0. The molecule has 12 heteroatoms. The zero-order chi connectivity index (χ0) is 25.0. The predicted octanol–water partition coefficient (Wildman–Crippen LogP) is -1.26. The van der Waals surface area contributed by atoms with Gasteiger partial charge in [-0.15, -0.1) is 0 Å². The van der Waals surface area contributed by atoms with Crippen molar-refractivity contribution in [2.75, 3.05) is 12.0 Å². The van der Waals surface area contributed by atoms with Crippen LogP contribution in [0, 0.1) is 0 Å². The Balaban J connectivity index is 2.91. The van der Waals surface area contributed by atoms with E-state index in [0.29, 0.717) is 17.7 Å². The summed E-state index contributed by atoms with van der Waals surface area (Å²) in [6.45, 7) is 1.44. The molecule has 33 heavy (non-hydrogen) atoms. The van der Waals surface area contributed by atoms with Gasteiger partial charge in [0.25, 0.3) is 0 Å². The number of primary amides is 1. The number of aliphatic carboxylic acids is 1. The minimum absolute atomic E-state index is 0.0508. The summed E-state index contributed by atoms with van der Waals surface area (Å²) in [5.41, 5.74) is 11.6. The highest BCUT2D eigenvalue weighted by Crippen LogP contribution is 2.06. The van der Waals surface area contributed by atoms with E-state index in [1.807, 2.05) is 6.26 Å². The molecule has 1 aromatic rings. The van der Waals surface area contributed by atoms with E-state index in [1.165, 1.54) is 6.92 Å². The van der Waals surface area contributed by atoms with E-state index in [9.17, 15) is 29.1 Å². The maximum absolute atomic E-state index is 12.8. The van der Waals surface area contributed by atoms with Crippen LogP contribution in [0.15, 0.2) is 30.3 Å². The molecule has 0 aliphatic heterocycles. The maximum atomic E-state index is 12.8. The molecule has 0 aromatic heterocycles. The van der Waals surface area contributed by atoms with Gasteiger partial charge in [-0.3, -0.25) is 19.2 Å². The van der Waals surface area contributed by atoms with Gasteiger partial charge in [-0.25, -0.2) is 4.79 Å². The van der Waals surface area contributed by atoms with Crippen LogP contribution in [0.3, 0.4) is 0 Å². The Morgan fingerprint density at radius 3 is 2.12 bits per heavy atom. The lowest BCUT2D eigenvalue weighted by Gasteiger charge is -2.23. The zero-order valence-electron chi connectivity index (χ0n) is 18.6. The van der Waals surface area contributed by atoms with E-state index < -0.39 is 60.2 Å². The number of rotatable bonds is 14. The van der Waals surface area contributed by atoms with Crippen LogP contribution in [0.2, 0.25) is 0 Å². The van der Waals surface area contributed by atoms with Crippen LogP contribution in [0.25, 0.3) is 0 Å². The molecule has 0 saturated heterocycles. The molecule has 182 valence electrons. The molecular weight excluding hydrogens is 450 g/mol. The zero-order valence-corrected chi connectivity index (χ0v) is 19.4. The highest BCUT2D eigenvalue weighted by molar-refractivity contribution is 7.98. The van der Waals surface area contributed by atoms with Gasteiger partial charge in [0.05, 0.1) is 12.5 Å². The summed E-state index contributed by atoms with van der Waals surface area (Å²) in [5, 5.41) is 16.5. The summed E-state index contributed by atoms with van der Waals surface area (Å²) < 4.78 is 0. The Hall–Kier alpha value is -3.12. The molecule has 0 saturated carbocycles. The van der Waals surface area contributed by atoms with Crippen LogP contribution in [-0.4, -0.2) is 70.9 Å². The molecule has 11 nitrogen and oxygen atoms in total. The number of thioether (sulfide) groups is 1. The lowest BCUT2D eigenvalue weighted by Crippen LogP contribution is -2.57. The fourth-order valence-electron chi connectivity index (χ4n) is 2.79. The molecule has 0 radical (unpaired) electrons. The van der Waals surface area contributed by atoms with Crippen molar-refractivity contribution >= 4 is 41.4 Å². The predicted molar refractivity (Wildman–Crippen MR) is 124 cm³/mol. The van der Waals surface area contributed by atoms with Gasteiger partial charge in [0, 0.05) is 6.42 Å². The van der Waals surface area contributed by atoms with Gasteiger partial charge >= 0.3 is 5.97 Å². The number of nitrogens with one attached hydrogen (secondary N) is 3. The van der Waals surface area contributed by atoms with Crippen molar-refractivity contribution < 1.29 is 29.1 Å². The van der Waals surface area contributed by atoms with Crippen molar-refractivity contribution in [1.29, 1.82) is 0 Å². The number of nitrogens with two attached hydrogens (primary N) is 2. The maximum Gasteiger partial charge on any atom is 0.326 e. The van der Waals surface area contributed by atoms with Crippen molar-refractivity contribution in [3.63, 3.8) is 0 Å². The number of carbonyl (C=O) groups is 5. The molecule has 4 amide bonds. The minimum atomic E-state index is -1.54. The van der Waals surface area contributed by atoms with Crippen LogP contribution in [0.1, 0.15) is 25.3 Å². The number of hydrogen-bond donors (Lipinski definition) is 6. The van der Waals surface area contributed by atoms with Crippen molar-refractivity contribution in [3.05, 3.63) is 35.9 Å². The van der Waals surface area contributed by atoms with Gasteiger partial charge in [-0.05, 0) is 30.9 Å². The van der Waals surface area contributed by atoms with E-state index in [-0.39, 0.29) is 6.42 Å². The highest BCUT2D eigenvalue weighted by atomic mass is 32.2. The molecule has 0 fully saturated rings. The molecule has 1 aromatic carbocycles. The minimum Gasteiger partial charge on any atom is -0.480 e. The quantitative estimate of drug-likeness (QED) is 0.189. The number of benzene rings is 1. The second-order valence-corrected chi connectivity index (χ2v) is 8.42. The number of carbonyl (C=O) groups excluding carboxylic acids is 4. The third kappa shape index (κ3) is 10.4. The Bertz CT molecular complexity index is 838. The summed E-state index contributed by atoms with van der Waals surface area (Å²) in [6.07, 6.45) is 1.77. The van der Waals surface area contributed by atoms with E-state index in [4.69, 9.17) is 11.5 Å². The fourth-order valence-corrected chi connectivity index (χ4v) is 3.28. The standard InChI is InChI=1S/C21H31N5O6S/c1-12(24-19(29)14(22)8-9-33-2)18(28)25-15(10-13-6-4-3-5-7-13)20(30)26-16(21(31)32)11-17(23)27/h3-7,12,14-16H,8-11,22H2,1-2H3,(H2,23,27)(H,24,29)(H,25,28)(H,26,30)(H,31,32). The first-order chi connectivity index (χ1) is 15.5. The van der Waals surface area contributed by atoms with Crippen molar-refractivity contribution in [2.24, 2.45) is 11.5 Å². The van der Waals surface area contributed by atoms with Gasteiger partial charge < -0.3 is 32.5 Å². The van der Waals surface area contributed by atoms with Gasteiger partial charge in [0.1, 0.15) is 18.1 Å². The molecule has 0 bridgehead atoms. The van der Waals surface area contributed by atoms with Crippen LogP contribution in [0.4, 0.5) is 0 Å². The lowest BCUT2D eigenvalue weighted by molar-refractivity contribution is -0.143. The second-order valence-electron chi connectivity index (χ2n) is 7.44. The smallest absolute Gasteiger partial charge is 0.326 e. The molecule has 1 rings (SSSR count). The molecule has 4 atom stereocenters.